The van der Waals surface area contributed by atoms with E-state index in [1.165, 1.54) is 24.3 Å². The Bertz CT molecular complexity index is 1280. The van der Waals surface area contributed by atoms with Crippen molar-refractivity contribution >= 4 is 28.5 Å². The van der Waals surface area contributed by atoms with E-state index in [1.54, 1.807) is 19.1 Å². The van der Waals surface area contributed by atoms with Gasteiger partial charge in [0.1, 0.15) is 28.7 Å². The van der Waals surface area contributed by atoms with Crippen LogP contribution < -0.4 is 14.4 Å². The number of methoxy groups -OCH3 is 2. The third-order valence-corrected chi connectivity index (χ3v) is 6.59. The maximum absolute atomic E-state index is 13.6. The van der Waals surface area contributed by atoms with Crippen molar-refractivity contribution in [1.82, 2.24) is 14.8 Å². The van der Waals surface area contributed by atoms with Crippen LogP contribution in [0.3, 0.4) is 0 Å². The quantitative estimate of drug-likeness (QED) is 0.410. The Kier molecular flexibility index (Phi) is 8.11. The molecule has 1 fully saturated rings. The van der Waals surface area contributed by atoms with Crippen LogP contribution in [-0.2, 0) is 11.3 Å². The fourth-order valence-corrected chi connectivity index (χ4v) is 4.71. The van der Waals surface area contributed by atoms with E-state index in [-0.39, 0.29) is 18.4 Å². The SMILES string of the molecule is COc1ccc(OC)c2nc(N(C)C)c(CN(CCCN3CCCC3=O)C(=O)c3ccc(F)cc3)cc12. The molecule has 8 nitrogen and oxygen atoms in total. The molecule has 0 N–H and O–H groups in total. The number of likely N-dealkylation sites (tertiary alicyclic amines) is 1. The summed E-state index contributed by atoms with van der Waals surface area (Å²) in [7, 11) is 7.00. The molecule has 2 aromatic carbocycles. The highest BCUT2D eigenvalue weighted by Crippen LogP contribution is 2.35. The fourth-order valence-electron chi connectivity index (χ4n) is 4.71. The molecule has 1 aromatic heterocycles. The topological polar surface area (TPSA) is 75.2 Å². The zero-order chi connectivity index (χ0) is 26.5. The van der Waals surface area contributed by atoms with Crippen LogP contribution >= 0.6 is 0 Å². The number of halogens is 1. The number of carbonyl (C=O) groups is 2. The average molecular weight is 509 g/mol. The van der Waals surface area contributed by atoms with Gasteiger partial charge in [0.15, 0.2) is 0 Å². The van der Waals surface area contributed by atoms with Crippen molar-refractivity contribution < 1.29 is 23.5 Å². The van der Waals surface area contributed by atoms with Crippen molar-refractivity contribution in [2.75, 3.05) is 52.8 Å². The third-order valence-electron chi connectivity index (χ3n) is 6.59. The van der Waals surface area contributed by atoms with E-state index in [0.717, 1.165) is 23.9 Å². The van der Waals surface area contributed by atoms with Gasteiger partial charge in [-0.05, 0) is 55.3 Å². The van der Waals surface area contributed by atoms with E-state index >= 15 is 0 Å². The van der Waals surface area contributed by atoms with Gasteiger partial charge in [-0.25, -0.2) is 9.37 Å². The van der Waals surface area contributed by atoms with Crippen molar-refractivity contribution in [3.05, 3.63) is 59.4 Å². The van der Waals surface area contributed by atoms with E-state index in [9.17, 15) is 14.0 Å². The van der Waals surface area contributed by atoms with Gasteiger partial charge in [-0.2, -0.15) is 0 Å². The van der Waals surface area contributed by atoms with Gasteiger partial charge in [0.05, 0.1) is 14.2 Å². The van der Waals surface area contributed by atoms with Crippen LogP contribution in [0.5, 0.6) is 11.5 Å². The van der Waals surface area contributed by atoms with Gasteiger partial charge in [0, 0.05) is 63.2 Å². The molecule has 4 rings (SSSR count). The van der Waals surface area contributed by atoms with Crippen molar-refractivity contribution in [3.63, 3.8) is 0 Å². The number of hydrogen-bond acceptors (Lipinski definition) is 6. The van der Waals surface area contributed by atoms with Gasteiger partial charge < -0.3 is 24.2 Å². The molecule has 9 heteroatoms. The van der Waals surface area contributed by atoms with E-state index in [2.05, 4.69) is 0 Å². The van der Waals surface area contributed by atoms with Crippen molar-refractivity contribution in [2.24, 2.45) is 0 Å². The summed E-state index contributed by atoms with van der Waals surface area (Å²) in [6, 6.07) is 11.2. The molecule has 37 heavy (non-hydrogen) atoms. The summed E-state index contributed by atoms with van der Waals surface area (Å²) >= 11 is 0. The van der Waals surface area contributed by atoms with Crippen molar-refractivity contribution in [3.8, 4) is 11.5 Å². The zero-order valence-electron chi connectivity index (χ0n) is 21.8. The number of aromatic nitrogens is 1. The molecule has 3 aromatic rings. The van der Waals surface area contributed by atoms with Crippen LogP contribution in [0.2, 0.25) is 0 Å². The predicted molar refractivity (Wildman–Crippen MR) is 141 cm³/mol. The lowest BCUT2D eigenvalue weighted by Gasteiger charge is -2.27. The number of hydrogen-bond donors (Lipinski definition) is 0. The second-order valence-electron chi connectivity index (χ2n) is 9.30. The molecule has 196 valence electrons. The van der Waals surface area contributed by atoms with E-state index in [0.29, 0.717) is 54.3 Å². The maximum atomic E-state index is 13.6. The van der Waals surface area contributed by atoms with Gasteiger partial charge in [-0.1, -0.05) is 0 Å². The molecule has 2 heterocycles. The summed E-state index contributed by atoms with van der Waals surface area (Å²) in [6.45, 7) is 2.06. The molecule has 0 unspecified atom stereocenters. The molecule has 0 radical (unpaired) electrons. The molecule has 0 aliphatic carbocycles. The summed E-state index contributed by atoms with van der Waals surface area (Å²) in [5.74, 6) is 1.52. The molecule has 0 bridgehead atoms. The van der Waals surface area contributed by atoms with Gasteiger partial charge in [-0.3, -0.25) is 9.59 Å². The molecular formula is C28H33FN4O4. The number of benzene rings is 2. The molecule has 1 aliphatic heterocycles. The minimum Gasteiger partial charge on any atom is -0.496 e. The standard InChI is InChI=1S/C28H33FN4O4/c1-31(2)27-20(17-22-23(36-3)12-13-24(37-4)26(22)30-27)18-33(16-6-15-32-14-5-7-25(32)34)28(35)19-8-10-21(29)11-9-19/h8-13,17H,5-7,14-16,18H2,1-4H3. The Labute approximate surface area is 216 Å². The summed E-state index contributed by atoms with van der Waals surface area (Å²) in [5, 5.41) is 0.777. The number of nitrogens with zero attached hydrogens (tertiary/aromatic N) is 4. The summed E-state index contributed by atoms with van der Waals surface area (Å²) in [6.07, 6.45) is 2.09. The van der Waals surface area contributed by atoms with Gasteiger partial charge in [0.2, 0.25) is 5.91 Å². The first-order valence-corrected chi connectivity index (χ1v) is 12.4. The number of ether oxygens (including phenoxy) is 2. The highest BCUT2D eigenvalue weighted by Gasteiger charge is 2.23. The smallest absolute Gasteiger partial charge is 0.254 e. The molecule has 0 atom stereocenters. The zero-order valence-corrected chi connectivity index (χ0v) is 21.8. The number of carbonyl (C=O) groups excluding carboxylic acids is 2. The summed E-state index contributed by atoms with van der Waals surface area (Å²) in [5.41, 5.74) is 1.90. The van der Waals surface area contributed by atoms with Gasteiger partial charge in [0.25, 0.3) is 5.91 Å². The molecule has 0 spiro atoms. The van der Waals surface area contributed by atoms with Gasteiger partial charge in [-0.15, -0.1) is 0 Å². The lowest BCUT2D eigenvalue weighted by Crippen LogP contribution is -2.35. The number of rotatable bonds is 10. The van der Waals surface area contributed by atoms with Crippen LogP contribution in [0.4, 0.5) is 10.2 Å². The van der Waals surface area contributed by atoms with E-state index in [1.807, 2.05) is 42.1 Å². The predicted octanol–water partition coefficient (Wildman–Crippen LogP) is 4.11. The first kappa shape index (κ1) is 26.2. The van der Waals surface area contributed by atoms with Crippen LogP contribution in [0.1, 0.15) is 35.2 Å². The van der Waals surface area contributed by atoms with E-state index in [4.69, 9.17) is 14.5 Å². The van der Waals surface area contributed by atoms with Crippen LogP contribution in [-0.4, -0.2) is 74.5 Å². The maximum Gasteiger partial charge on any atom is 0.254 e. The first-order chi connectivity index (χ1) is 17.8. The summed E-state index contributed by atoms with van der Waals surface area (Å²) < 4.78 is 24.7. The van der Waals surface area contributed by atoms with Gasteiger partial charge >= 0.3 is 0 Å². The largest absolute Gasteiger partial charge is 0.496 e. The molecular weight excluding hydrogens is 475 g/mol. The van der Waals surface area contributed by atoms with E-state index < -0.39 is 5.82 Å². The van der Waals surface area contributed by atoms with Crippen molar-refractivity contribution in [2.45, 2.75) is 25.8 Å². The Morgan fingerprint density at radius 3 is 2.41 bits per heavy atom. The Hall–Kier alpha value is -3.88. The average Bonchev–Trinajstić information content (AvgIpc) is 3.31. The van der Waals surface area contributed by atoms with Crippen LogP contribution in [0.25, 0.3) is 10.9 Å². The van der Waals surface area contributed by atoms with Crippen LogP contribution in [0, 0.1) is 5.82 Å². The molecule has 1 saturated heterocycles. The minimum atomic E-state index is -0.398. The lowest BCUT2D eigenvalue weighted by molar-refractivity contribution is -0.127. The summed E-state index contributed by atoms with van der Waals surface area (Å²) in [4.78, 5) is 36.0. The minimum absolute atomic E-state index is 0.158. The third kappa shape index (κ3) is 5.76. The molecule has 1 aliphatic rings. The Morgan fingerprint density at radius 1 is 1.08 bits per heavy atom. The second kappa shape index (κ2) is 11.5. The number of pyridine rings is 1. The first-order valence-electron chi connectivity index (χ1n) is 12.4. The molecule has 0 saturated carbocycles. The number of amides is 2. The van der Waals surface area contributed by atoms with Crippen molar-refractivity contribution in [1.29, 1.82) is 0 Å². The second-order valence-corrected chi connectivity index (χ2v) is 9.30. The fraction of sp³-hybridized carbons (Fsp3) is 0.393. The Morgan fingerprint density at radius 2 is 1.78 bits per heavy atom. The Balaban J connectivity index is 1.69. The highest BCUT2D eigenvalue weighted by molar-refractivity contribution is 5.95. The molecule has 2 amide bonds. The lowest BCUT2D eigenvalue weighted by atomic mass is 10.1. The monoisotopic (exact) mass is 508 g/mol. The normalized spacial score (nSPS) is 13.2. The highest BCUT2D eigenvalue weighted by atomic mass is 19.1. The van der Waals surface area contributed by atoms with Crippen LogP contribution in [0.15, 0.2) is 42.5 Å². The number of anilines is 1. The number of fused-ring (bicyclic) bond motifs is 1.